The molecule has 128 valence electrons. The second-order valence-corrected chi connectivity index (χ2v) is 6.70. The third-order valence-electron chi connectivity index (χ3n) is 4.43. The Hall–Kier alpha value is -2.66. The Morgan fingerprint density at radius 1 is 1.16 bits per heavy atom. The quantitative estimate of drug-likeness (QED) is 0.777. The minimum absolute atomic E-state index is 0.528. The van der Waals surface area contributed by atoms with Crippen molar-refractivity contribution in [1.82, 2.24) is 9.97 Å². The van der Waals surface area contributed by atoms with Gasteiger partial charge in [0.2, 0.25) is 5.79 Å². The van der Waals surface area contributed by atoms with Gasteiger partial charge in [-0.3, -0.25) is 9.97 Å². The number of pyridine rings is 2. The van der Waals surface area contributed by atoms with Crippen molar-refractivity contribution in [3.8, 4) is 5.75 Å². The van der Waals surface area contributed by atoms with Crippen LogP contribution in [0.5, 0.6) is 5.75 Å². The van der Waals surface area contributed by atoms with Crippen LogP contribution in [0.2, 0.25) is 0 Å². The van der Waals surface area contributed by atoms with Crippen LogP contribution >= 0.6 is 0 Å². The number of aryl methyl sites for hydroxylation is 1. The predicted octanol–water partition coefficient (Wildman–Crippen LogP) is 4.20. The summed E-state index contributed by atoms with van der Waals surface area (Å²) in [4.78, 5) is 8.90. The zero-order chi connectivity index (χ0) is 17.4. The van der Waals surface area contributed by atoms with Crippen LogP contribution in [0.3, 0.4) is 0 Å². The van der Waals surface area contributed by atoms with Crippen molar-refractivity contribution in [2.45, 2.75) is 39.7 Å². The summed E-state index contributed by atoms with van der Waals surface area (Å²) in [6.07, 6.45) is 3.71. The van der Waals surface area contributed by atoms with E-state index in [9.17, 15) is 0 Å². The van der Waals surface area contributed by atoms with E-state index in [2.05, 4.69) is 27.4 Å². The predicted molar refractivity (Wildman–Crippen MR) is 97.5 cm³/mol. The maximum absolute atomic E-state index is 5.99. The second kappa shape index (κ2) is 6.01. The van der Waals surface area contributed by atoms with Gasteiger partial charge in [0.25, 0.3) is 0 Å². The van der Waals surface area contributed by atoms with Gasteiger partial charge in [-0.25, -0.2) is 0 Å². The summed E-state index contributed by atoms with van der Waals surface area (Å²) >= 11 is 0. The van der Waals surface area contributed by atoms with E-state index in [1.807, 2.05) is 51.4 Å². The van der Waals surface area contributed by atoms with Gasteiger partial charge in [0.05, 0.1) is 17.8 Å². The van der Waals surface area contributed by atoms with Gasteiger partial charge in [0, 0.05) is 49.4 Å². The molecule has 5 nitrogen and oxygen atoms in total. The van der Waals surface area contributed by atoms with Crippen molar-refractivity contribution in [2.24, 2.45) is 0 Å². The molecule has 1 N–H and O–H groups in total. The van der Waals surface area contributed by atoms with Crippen molar-refractivity contribution in [2.75, 3.05) is 5.32 Å². The molecule has 4 rings (SSSR count). The molecule has 0 fully saturated rings. The lowest BCUT2D eigenvalue weighted by molar-refractivity contribution is -0.180. The molecule has 0 radical (unpaired) electrons. The lowest BCUT2D eigenvalue weighted by Gasteiger charge is -2.34. The Morgan fingerprint density at radius 2 is 2.04 bits per heavy atom. The Morgan fingerprint density at radius 3 is 2.92 bits per heavy atom. The van der Waals surface area contributed by atoms with E-state index in [1.54, 1.807) is 0 Å². The zero-order valence-electron chi connectivity index (χ0n) is 14.7. The van der Waals surface area contributed by atoms with Gasteiger partial charge in [0.1, 0.15) is 5.75 Å². The first-order valence-corrected chi connectivity index (χ1v) is 8.41. The number of anilines is 1. The van der Waals surface area contributed by atoms with Gasteiger partial charge in [-0.15, -0.1) is 0 Å². The minimum atomic E-state index is -0.618. The van der Waals surface area contributed by atoms with Crippen LogP contribution in [-0.4, -0.2) is 15.8 Å². The van der Waals surface area contributed by atoms with E-state index in [4.69, 9.17) is 9.47 Å². The maximum Gasteiger partial charge on any atom is 0.205 e. The van der Waals surface area contributed by atoms with Crippen molar-refractivity contribution >= 4 is 16.6 Å². The molecular formula is C20H21N3O2. The van der Waals surface area contributed by atoms with Crippen molar-refractivity contribution in [1.29, 1.82) is 0 Å². The SMILES string of the molecule is Cc1ncc(CNc2cccc3ncccc23)c2c1OC(C)(C)OC2. The molecule has 3 aromatic rings. The molecule has 1 aliphatic heterocycles. The van der Waals surface area contributed by atoms with Gasteiger partial charge in [-0.2, -0.15) is 0 Å². The number of ether oxygens (including phenoxy) is 2. The molecule has 0 saturated carbocycles. The average molecular weight is 335 g/mol. The summed E-state index contributed by atoms with van der Waals surface area (Å²) < 4.78 is 11.8. The molecule has 0 bridgehead atoms. The number of hydrogen-bond acceptors (Lipinski definition) is 5. The summed E-state index contributed by atoms with van der Waals surface area (Å²) in [7, 11) is 0. The van der Waals surface area contributed by atoms with E-state index < -0.39 is 5.79 Å². The second-order valence-electron chi connectivity index (χ2n) is 6.70. The molecule has 1 aromatic carbocycles. The molecule has 0 atom stereocenters. The molecule has 0 spiro atoms. The fourth-order valence-electron chi connectivity index (χ4n) is 3.09. The summed E-state index contributed by atoms with van der Waals surface area (Å²) in [6, 6.07) is 10.1. The van der Waals surface area contributed by atoms with Crippen molar-refractivity contribution in [3.63, 3.8) is 0 Å². The molecular weight excluding hydrogens is 314 g/mol. The Balaban J connectivity index is 1.64. The smallest absolute Gasteiger partial charge is 0.205 e. The number of fused-ring (bicyclic) bond motifs is 2. The fourth-order valence-corrected chi connectivity index (χ4v) is 3.09. The van der Waals surface area contributed by atoms with Gasteiger partial charge < -0.3 is 14.8 Å². The van der Waals surface area contributed by atoms with Gasteiger partial charge in [-0.05, 0) is 36.8 Å². The molecule has 1 aliphatic rings. The third kappa shape index (κ3) is 3.03. The normalized spacial score (nSPS) is 15.5. The highest BCUT2D eigenvalue weighted by atomic mass is 16.7. The van der Waals surface area contributed by atoms with Crippen LogP contribution in [0, 0.1) is 6.92 Å². The van der Waals surface area contributed by atoms with Crippen LogP contribution in [0.15, 0.2) is 42.7 Å². The molecule has 2 aromatic heterocycles. The number of nitrogens with zero attached hydrogens (tertiary/aromatic N) is 2. The Kier molecular flexibility index (Phi) is 3.81. The molecule has 5 heteroatoms. The number of rotatable bonds is 3. The van der Waals surface area contributed by atoms with E-state index in [1.165, 1.54) is 0 Å². The highest BCUT2D eigenvalue weighted by molar-refractivity contribution is 5.91. The maximum atomic E-state index is 5.99. The van der Waals surface area contributed by atoms with E-state index in [-0.39, 0.29) is 0 Å². The van der Waals surface area contributed by atoms with Crippen molar-refractivity contribution < 1.29 is 9.47 Å². The largest absolute Gasteiger partial charge is 0.461 e. The van der Waals surface area contributed by atoms with E-state index in [0.29, 0.717) is 13.2 Å². The number of nitrogens with one attached hydrogen (secondary N) is 1. The first-order chi connectivity index (χ1) is 12.0. The summed E-state index contributed by atoms with van der Waals surface area (Å²) in [6.45, 7) is 6.98. The van der Waals surface area contributed by atoms with E-state index in [0.717, 1.165) is 39.2 Å². The van der Waals surface area contributed by atoms with Gasteiger partial charge in [-0.1, -0.05) is 6.07 Å². The molecule has 0 aliphatic carbocycles. The van der Waals surface area contributed by atoms with Gasteiger partial charge >= 0.3 is 0 Å². The summed E-state index contributed by atoms with van der Waals surface area (Å²) in [5, 5.41) is 4.61. The molecule has 3 heterocycles. The van der Waals surface area contributed by atoms with Crippen LogP contribution in [0.4, 0.5) is 5.69 Å². The standard InChI is InChI=1S/C20H21N3O2/c1-13-19-16(12-24-20(2,3)25-19)14(10-22-13)11-23-18-8-4-7-17-15(18)6-5-9-21-17/h4-10,23H,11-12H2,1-3H3. The summed E-state index contributed by atoms with van der Waals surface area (Å²) in [5.41, 5.74) is 5.07. The number of aromatic nitrogens is 2. The highest BCUT2D eigenvalue weighted by Crippen LogP contribution is 2.35. The minimum Gasteiger partial charge on any atom is -0.461 e. The summed E-state index contributed by atoms with van der Waals surface area (Å²) in [5.74, 6) is 0.224. The lowest BCUT2D eigenvalue weighted by Crippen LogP contribution is -2.36. The molecule has 0 saturated heterocycles. The zero-order valence-corrected chi connectivity index (χ0v) is 14.7. The van der Waals surface area contributed by atoms with E-state index >= 15 is 0 Å². The van der Waals surface area contributed by atoms with Crippen molar-refractivity contribution in [3.05, 3.63) is 59.5 Å². The molecule has 0 amide bonds. The van der Waals surface area contributed by atoms with Crippen LogP contribution in [0.25, 0.3) is 10.9 Å². The van der Waals surface area contributed by atoms with Gasteiger partial charge in [0.15, 0.2) is 0 Å². The average Bonchev–Trinajstić information content (AvgIpc) is 2.61. The monoisotopic (exact) mass is 335 g/mol. The highest BCUT2D eigenvalue weighted by Gasteiger charge is 2.30. The Bertz CT molecular complexity index is 932. The number of benzene rings is 1. The van der Waals surface area contributed by atoms with Crippen LogP contribution in [-0.2, 0) is 17.9 Å². The fraction of sp³-hybridized carbons (Fsp3) is 0.300. The number of hydrogen-bond donors (Lipinski definition) is 1. The topological polar surface area (TPSA) is 56.3 Å². The lowest BCUT2D eigenvalue weighted by atomic mass is 10.1. The first kappa shape index (κ1) is 15.8. The van der Waals surface area contributed by atoms with Crippen LogP contribution in [0.1, 0.15) is 30.7 Å². The van der Waals surface area contributed by atoms with Crippen LogP contribution < -0.4 is 10.1 Å². The first-order valence-electron chi connectivity index (χ1n) is 8.41. The third-order valence-corrected chi connectivity index (χ3v) is 4.43. The molecule has 0 unspecified atom stereocenters. The molecule has 25 heavy (non-hydrogen) atoms. The Labute approximate surface area is 147 Å².